The van der Waals surface area contributed by atoms with Crippen LogP contribution >= 0.6 is 0 Å². The Balaban J connectivity index is 1.50. The quantitative estimate of drug-likeness (QED) is 0.627. The van der Waals surface area contributed by atoms with E-state index >= 15 is 0 Å². The number of nitrogens with zero attached hydrogens (tertiary/aromatic N) is 2. The fourth-order valence-electron chi connectivity index (χ4n) is 4.27. The van der Waals surface area contributed by atoms with Gasteiger partial charge in [-0.3, -0.25) is 4.79 Å². The van der Waals surface area contributed by atoms with Crippen molar-refractivity contribution in [3.05, 3.63) is 77.0 Å². The maximum Gasteiger partial charge on any atom is 0.219 e. The maximum atomic E-state index is 13.2. The summed E-state index contributed by atoms with van der Waals surface area (Å²) in [6.45, 7) is 4.68. The lowest BCUT2D eigenvalue weighted by Gasteiger charge is -2.34. The van der Waals surface area contributed by atoms with Crippen molar-refractivity contribution in [3.63, 3.8) is 0 Å². The molecular formula is C24H24N4O3. The molecule has 1 unspecified atom stereocenters. The minimum absolute atomic E-state index is 0.119. The van der Waals surface area contributed by atoms with Gasteiger partial charge in [0.2, 0.25) is 11.6 Å². The first-order valence-corrected chi connectivity index (χ1v) is 10.4. The molecule has 2 aliphatic rings. The highest BCUT2D eigenvalue weighted by molar-refractivity contribution is 6.00. The van der Waals surface area contributed by atoms with Gasteiger partial charge in [0.1, 0.15) is 12.4 Å². The van der Waals surface area contributed by atoms with E-state index in [1.54, 1.807) is 0 Å². The van der Waals surface area contributed by atoms with Gasteiger partial charge in [0.05, 0.1) is 6.04 Å². The summed E-state index contributed by atoms with van der Waals surface area (Å²) in [6.07, 6.45) is 1.23. The molecule has 0 radical (unpaired) electrons. The Kier molecular flexibility index (Phi) is 4.73. The lowest BCUT2D eigenvalue weighted by molar-refractivity contribution is -0.118. The average molecular weight is 416 g/mol. The molecule has 0 saturated heterocycles. The van der Waals surface area contributed by atoms with Gasteiger partial charge in [-0.25, -0.2) is 4.63 Å². The van der Waals surface area contributed by atoms with Crippen LogP contribution in [0.2, 0.25) is 0 Å². The molecule has 2 heterocycles. The first-order valence-electron chi connectivity index (χ1n) is 10.4. The number of benzene rings is 2. The van der Waals surface area contributed by atoms with Crippen LogP contribution in [0, 0.1) is 5.41 Å². The highest BCUT2D eigenvalue weighted by atomic mass is 16.6. The molecule has 0 saturated carbocycles. The second kappa shape index (κ2) is 7.58. The number of nitrogens with one attached hydrogen (secondary N) is 2. The van der Waals surface area contributed by atoms with Crippen LogP contribution in [0.25, 0.3) is 0 Å². The molecule has 0 bridgehead atoms. The summed E-state index contributed by atoms with van der Waals surface area (Å²) in [7, 11) is 0. The van der Waals surface area contributed by atoms with Gasteiger partial charge in [-0.2, -0.15) is 0 Å². The van der Waals surface area contributed by atoms with E-state index in [9.17, 15) is 4.79 Å². The van der Waals surface area contributed by atoms with Crippen molar-refractivity contribution in [3.8, 4) is 5.75 Å². The number of carbonyl (C=O) groups is 1. The van der Waals surface area contributed by atoms with Crippen LogP contribution in [0.1, 0.15) is 43.9 Å². The highest BCUT2D eigenvalue weighted by Gasteiger charge is 2.39. The Morgan fingerprint density at radius 3 is 2.71 bits per heavy atom. The van der Waals surface area contributed by atoms with Gasteiger partial charge in [0, 0.05) is 17.7 Å². The van der Waals surface area contributed by atoms with Crippen LogP contribution < -0.4 is 15.4 Å². The van der Waals surface area contributed by atoms with Crippen LogP contribution in [0.4, 0.5) is 11.6 Å². The number of allylic oxidation sites excluding steroid dienone is 1. The van der Waals surface area contributed by atoms with Gasteiger partial charge in [-0.05, 0) is 45.4 Å². The molecule has 0 fully saturated rings. The monoisotopic (exact) mass is 416 g/mol. The highest BCUT2D eigenvalue weighted by Crippen LogP contribution is 2.44. The predicted molar refractivity (Wildman–Crippen MR) is 117 cm³/mol. The van der Waals surface area contributed by atoms with Crippen LogP contribution in [-0.4, -0.2) is 16.1 Å². The van der Waals surface area contributed by atoms with Gasteiger partial charge >= 0.3 is 0 Å². The molecule has 0 spiro atoms. The lowest BCUT2D eigenvalue weighted by atomic mass is 9.73. The Hall–Kier alpha value is -3.61. The van der Waals surface area contributed by atoms with Gasteiger partial charge in [-0.15, -0.1) is 0 Å². The topological polar surface area (TPSA) is 89.3 Å². The van der Waals surface area contributed by atoms with E-state index in [0.29, 0.717) is 24.7 Å². The summed E-state index contributed by atoms with van der Waals surface area (Å²) in [5.41, 5.74) is 3.47. The third kappa shape index (κ3) is 3.91. The minimum atomic E-state index is -0.375. The van der Waals surface area contributed by atoms with Crippen molar-refractivity contribution >= 4 is 17.4 Å². The molecular weight excluding hydrogens is 392 g/mol. The molecule has 31 heavy (non-hydrogen) atoms. The van der Waals surface area contributed by atoms with Crippen LogP contribution in [-0.2, 0) is 11.4 Å². The van der Waals surface area contributed by atoms with E-state index in [-0.39, 0.29) is 17.2 Å². The predicted octanol–water partition coefficient (Wildman–Crippen LogP) is 4.87. The number of hydrogen-bond acceptors (Lipinski definition) is 7. The fraction of sp³-hybridized carbons (Fsp3) is 0.292. The second-order valence-corrected chi connectivity index (χ2v) is 8.84. The molecule has 1 atom stereocenters. The molecule has 3 aromatic rings. The standard InChI is InChI=1S/C24H24N4O3/c1-24(2)12-18-20(19(29)13-24)21(26-23-22(25-18)27-31-28-23)16-9-6-10-17(11-16)30-14-15-7-4-3-5-8-15/h3-11,21H,12-14H2,1-2H3,(H,25,27)(H,26,28). The molecule has 7 nitrogen and oxygen atoms in total. The third-order valence-electron chi connectivity index (χ3n) is 5.69. The maximum absolute atomic E-state index is 13.2. The molecule has 1 aliphatic heterocycles. The zero-order valence-electron chi connectivity index (χ0n) is 17.5. The van der Waals surface area contributed by atoms with E-state index in [0.717, 1.165) is 34.6 Å². The molecule has 2 N–H and O–H groups in total. The van der Waals surface area contributed by atoms with Crippen molar-refractivity contribution in [2.24, 2.45) is 5.41 Å². The van der Waals surface area contributed by atoms with Crippen LogP contribution in [0.3, 0.4) is 0 Å². The number of hydrogen-bond donors (Lipinski definition) is 2. The summed E-state index contributed by atoms with van der Waals surface area (Å²) in [4.78, 5) is 13.2. The Morgan fingerprint density at radius 1 is 1.06 bits per heavy atom. The summed E-state index contributed by atoms with van der Waals surface area (Å²) in [5.74, 6) is 1.84. The number of aromatic nitrogens is 2. The lowest BCUT2D eigenvalue weighted by Crippen LogP contribution is -2.31. The third-order valence-corrected chi connectivity index (χ3v) is 5.69. The molecule has 1 aromatic heterocycles. The zero-order chi connectivity index (χ0) is 21.4. The van der Waals surface area contributed by atoms with E-state index in [2.05, 4.69) is 34.8 Å². The zero-order valence-corrected chi connectivity index (χ0v) is 17.5. The second-order valence-electron chi connectivity index (χ2n) is 8.84. The number of fused-ring (bicyclic) bond motifs is 1. The smallest absolute Gasteiger partial charge is 0.219 e. The molecule has 0 amide bonds. The van der Waals surface area contributed by atoms with Crippen molar-refractivity contribution in [2.75, 3.05) is 10.6 Å². The number of ether oxygens (including phenoxy) is 1. The normalized spacial score (nSPS) is 19.5. The van der Waals surface area contributed by atoms with E-state index < -0.39 is 0 Å². The number of Topliss-reactive ketones (excluding diaryl/α,β-unsaturated/α-hetero) is 1. The van der Waals surface area contributed by atoms with Crippen LogP contribution in [0.5, 0.6) is 5.75 Å². The molecule has 2 aromatic carbocycles. The molecule has 1 aliphatic carbocycles. The summed E-state index contributed by atoms with van der Waals surface area (Å²) in [5, 5.41) is 14.6. The number of carbonyl (C=O) groups excluding carboxylic acids is 1. The fourth-order valence-corrected chi connectivity index (χ4v) is 4.27. The summed E-state index contributed by atoms with van der Waals surface area (Å²) >= 11 is 0. The minimum Gasteiger partial charge on any atom is -0.489 e. The average Bonchev–Trinajstić information content (AvgIpc) is 3.11. The van der Waals surface area contributed by atoms with Crippen molar-refractivity contribution in [1.29, 1.82) is 0 Å². The largest absolute Gasteiger partial charge is 0.489 e. The first-order chi connectivity index (χ1) is 15.0. The Morgan fingerprint density at radius 2 is 1.87 bits per heavy atom. The first kappa shape index (κ1) is 19.4. The Bertz CT molecular complexity index is 1150. The number of anilines is 2. The van der Waals surface area contributed by atoms with Gasteiger partial charge in [0.25, 0.3) is 0 Å². The van der Waals surface area contributed by atoms with Crippen LogP contribution in [0.15, 0.2) is 70.5 Å². The van der Waals surface area contributed by atoms with E-state index in [1.165, 1.54) is 0 Å². The Labute approximate surface area is 180 Å². The summed E-state index contributed by atoms with van der Waals surface area (Å²) in [6, 6.07) is 17.5. The van der Waals surface area contributed by atoms with Gasteiger partial charge < -0.3 is 15.4 Å². The van der Waals surface area contributed by atoms with Crippen molar-refractivity contribution in [1.82, 2.24) is 10.3 Å². The SMILES string of the molecule is CC1(C)CC(=O)C2=C(C1)Nc1nonc1NC2c1cccc(OCc2ccccc2)c1. The number of rotatable bonds is 4. The van der Waals surface area contributed by atoms with Gasteiger partial charge in [-0.1, -0.05) is 56.3 Å². The summed E-state index contributed by atoms with van der Waals surface area (Å²) < 4.78 is 10.9. The van der Waals surface area contributed by atoms with Crippen molar-refractivity contribution in [2.45, 2.75) is 39.3 Å². The molecule has 158 valence electrons. The van der Waals surface area contributed by atoms with E-state index in [4.69, 9.17) is 9.37 Å². The van der Waals surface area contributed by atoms with E-state index in [1.807, 2.05) is 54.6 Å². The number of ketones is 1. The van der Waals surface area contributed by atoms with Gasteiger partial charge in [0.15, 0.2) is 5.78 Å². The van der Waals surface area contributed by atoms with Crippen molar-refractivity contribution < 1.29 is 14.2 Å². The molecule has 7 heteroatoms. The molecule has 5 rings (SSSR count).